The molecule has 1 N–H and O–H groups in total. The van der Waals surface area contributed by atoms with Crippen LogP contribution in [0.25, 0.3) is 11.3 Å². The van der Waals surface area contributed by atoms with Gasteiger partial charge in [0.25, 0.3) is 5.91 Å². The Morgan fingerprint density at radius 2 is 2.00 bits per heavy atom. The summed E-state index contributed by atoms with van der Waals surface area (Å²) in [6.45, 7) is 7.91. The van der Waals surface area contributed by atoms with Crippen LogP contribution in [0.5, 0.6) is 0 Å². The minimum Gasteiger partial charge on any atom is -0.443 e. The van der Waals surface area contributed by atoms with Crippen LogP contribution in [0.1, 0.15) is 56.5 Å². The second-order valence-corrected chi connectivity index (χ2v) is 9.30. The zero-order valence-electron chi connectivity index (χ0n) is 19.6. The highest BCUT2D eigenvalue weighted by molar-refractivity contribution is 6.05. The molecule has 3 heterocycles. The van der Waals surface area contributed by atoms with Crippen LogP contribution in [0.2, 0.25) is 0 Å². The Morgan fingerprint density at radius 3 is 2.68 bits per heavy atom. The summed E-state index contributed by atoms with van der Waals surface area (Å²) in [5.74, 6) is -1.00. The van der Waals surface area contributed by atoms with Gasteiger partial charge in [-0.2, -0.15) is 10.2 Å². The molecular formula is C24H27N5O5. The van der Waals surface area contributed by atoms with Gasteiger partial charge in [-0.3, -0.25) is 24.6 Å². The van der Waals surface area contributed by atoms with Gasteiger partial charge in [0.1, 0.15) is 11.6 Å². The van der Waals surface area contributed by atoms with Crippen LogP contribution in [0.15, 0.2) is 30.5 Å². The average molecular weight is 466 g/mol. The summed E-state index contributed by atoms with van der Waals surface area (Å²) in [4.78, 5) is 52.2. The Hall–Kier alpha value is -3.82. The van der Waals surface area contributed by atoms with E-state index in [1.54, 1.807) is 39.0 Å². The fourth-order valence-electron chi connectivity index (χ4n) is 4.11. The maximum absolute atomic E-state index is 12.9. The van der Waals surface area contributed by atoms with Crippen molar-refractivity contribution in [1.29, 1.82) is 0 Å². The molecule has 1 fully saturated rings. The van der Waals surface area contributed by atoms with Gasteiger partial charge in [-0.05, 0) is 57.9 Å². The SMILES string of the molecule is CCN(C(=O)OC(C)(C)C)c1cnnc(-c2ccc3c(c2)CN(C2CCC(=O)NC2=O)C3=O)c1. The fraction of sp³-hybridized carbons (Fsp3) is 0.417. The minimum absolute atomic E-state index is 0.204. The van der Waals surface area contributed by atoms with E-state index in [0.29, 0.717) is 29.9 Å². The van der Waals surface area contributed by atoms with Crippen molar-refractivity contribution in [1.82, 2.24) is 20.4 Å². The molecule has 1 aromatic carbocycles. The third-order valence-electron chi connectivity index (χ3n) is 5.70. The second-order valence-electron chi connectivity index (χ2n) is 9.30. The number of nitrogens with zero attached hydrogens (tertiary/aromatic N) is 4. The summed E-state index contributed by atoms with van der Waals surface area (Å²) in [5, 5.41) is 10.6. The molecule has 1 saturated heterocycles. The summed E-state index contributed by atoms with van der Waals surface area (Å²) >= 11 is 0. The van der Waals surface area contributed by atoms with Gasteiger partial charge in [0, 0.05) is 30.6 Å². The summed E-state index contributed by atoms with van der Waals surface area (Å²) in [6, 6.07) is 6.39. The summed E-state index contributed by atoms with van der Waals surface area (Å²) in [5.41, 5.74) is 2.46. The largest absolute Gasteiger partial charge is 0.443 e. The number of anilines is 1. The van der Waals surface area contributed by atoms with Gasteiger partial charge in [-0.25, -0.2) is 4.79 Å². The van der Waals surface area contributed by atoms with E-state index in [2.05, 4.69) is 15.5 Å². The molecule has 2 aliphatic rings. The Kier molecular flexibility index (Phi) is 6.07. The van der Waals surface area contributed by atoms with Crippen molar-refractivity contribution in [3.8, 4) is 11.3 Å². The first kappa shape index (κ1) is 23.3. The first-order valence-electron chi connectivity index (χ1n) is 11.2. The zero-order chi connectivity index (χ0) is 24.6. The lowest BCUT2D eigenvalue weighted by molar-refractivity contribution is -0.136. The molecule has 10 heteroatoms. The molecule has 4 rings (SSSR count). The smallest absolute Gasteiger partial charge is 0.414 e. The number of carbonyl (C=O) groups excluding carboxylic acids is 4. The normalized spacial score (nSPS) is 17.9. The standard InChI is InChI=1S/C24H27N5O5/c1-5-28(23(33)34-24(2,3)4)16-11-18(27-25-12-16)14-6-7-17-15(10-14)13-29(22(17)32)19-8-9-20(30)26-21(19)31/h6-7,10-12,19H,5,8-9,13H2,1-4H3,(H,26,30,31). The summed E-state index contributed by atoms with van der Waals surface area (Å²) < 4.78 is 5.49. The van der Waals surface area contributed by atoms with Crippen molar-refractivity contribution in [2.75, 3.05) is 11.4 Å². The number of fused-ring (bicyclic) bond motifs is 1. The Labute approximate surface area is 197 Å². The number of nitrogens with one attached hydrogen (secondary N) is 1. The van der Waals surface area contributed by atoms with Crippen molar-refractivity contribution in [2.24, 2.45) is 0 Å². The van der Waals surface area contributed by atoms with Gasteiger partial charge in [-0.1, -0.05) is 6.07 Å². The number of hydrogen-bond acceptors (Lipinski definition) is 7. The van der Waals surface area contributed by atoms with E-state index in [9.17, 15) is 19.2 Å². The first-order valence-corrected chi connectivity index (χ1v) is 11.2. The molecule has 0 aliphatic carbocycles. The third kappa shape index (κ3) is 4.61. The molecule has 0 saturated carbocycles. The van der Waals surface area contributed by atoms with Gasteiger partial charge >= 0.3 is 6.09 Å². The number of ether oxygens (including phenoxy) is 1. The minimum atomic E-state index is -0.670. The van der Waals surface area contributed by atoms with Gasteiger partial charge in [0.15, 0.2) is 0 Å². The van der Waals surface area contributed by atoms with E-state index in [0.717, 1.165) is 11.1 Å². The number of carbonyl (C=O) groups is 4. The first-order chi connectivity index (χ1) is 16.1. The molecular weight excluding hydrogens is 438 g/mol. The quantitative estimate of drug-likeness (QED) is 0.689. The number of hydrogen-bond donors (Lipinski definition) is 1. The summed E-state index contributed by atoms with van der Waals surface area (Å²) in [6.07, 6.45) is 1.53. The third-order valence-corrected chi connectivity index (χ3v) is 5.70. The van der Waals surface area contributed by atoms with Gasteiger partial charge < -0.3 is 9.64 Å². The number of imide groups is 1. The topological polar surface area (TPSA) is 122 Å². The Bertz CT molecular complexity index is 1170. The second kappa shape index (κ2) is 8.85. The molecule has 178 valence electrons. The number of aromatic nitrogens is 2. The van der Waals surface area contributed by atoms with Crippen LogP contribution in [0, 0.1) is 0 Å². The molecule has 10 nitrogen and oxygen atoms in total. The van der Waals surface area contributed by atoms with E-state index in [-0.39, 0.29) is 24.8 Å². The Balaban J connectivity index is 1.58. The van der Waals surface area contributed by atoms with Crippen molar-refractivity contribution in [2.45, 2.75) is 58.7 Å². The van der Waals surface area contributed by atoms with E-state index in [4.69, 9.17) is 4.74 Å². The predicted octanol–water partition coefficient (Wildman–Crippen LogP) is 2.67. The molecule has 2 aliphatic heterocycles. The van der Waals surface area contributed by atoms with Crippen molar-refractivity contribution < 1.29 is 23.9 Å². The van der Waals surface area contributed by atoms with E-state index in [1.807, 2.05) is 13.0 Å². The lowest BCUT2D eigenvalue weighted by Crippen LogP contribution is -2.52. The Morgan fingerprint density at radius 1 is 1.24 bits per heavy atom. The highest BCUT2D eigenvalue weighted by atomic mass is 16.6. The maximum Gasteiger partial charge on any atom is 0.414 e. The fourth-order valence-corrected chi connectivity index (χ4v) is 4.11. The molecule has 1 aromatic heterocycles. The van der Waals surface area contributed by atoms with E-state index >= 15 is 0 Å². The highest BCUT2D eigenvalue weighted by Gasteiger charge is 2.39. The van der Waals surface area contributed by atoms with E-state index in [1.165, 1.54) is 16.0 Å². The van der Waals surface area contributed by atoms with Crippen LogP contribution >= 0.6 is 0 Å². The molecule has 2 aromatic rings. The molecule has 34 heavy (non-hydrogen) atoms. The molecule has 0 bridgehead atoms. The van der Waals surface area contributed by atoms with Gasteiger partial charge in [0.05, 0.1) is 17.6 Å². The van der Waals surface area contributed by atoms with E-state index < -0.39 is 23.6 Å². The lowest BCUT2D eigenvalue weighted by Gasteiger charge is -2.29. The predicted molar refractivity (Wildman–Crippen MR) is 123 cm³/mol. The summed E-state index contributed by atoms with van der Waals surface area (Å²) in [7, 11) is 0. The van der Waals surface area contributed by atoms with Gasteiger partial charge in [0.2, 0.25) is 11.8 Å². The number of benzene rings is 1. The number of rotatable bonds is 4. The van der Waals surface area contributed by atoms with Crippen LogP contribution in [0.4, 0.5) is 10.5 Å². The average Bonchev–Trinajstić information content (AvgIpc) is 3.09. The van der Waals surface area contributed by atoms with Crippen LogP contribution in [0.3, 0.4) is 0 Å². The lowest BCUT2D eigenvalue weighted by atomic mass is 10.0. The molecule has 1 unspecified atom stereocenters. The van der Waals surface area contributed by atoms with Gasteiger partial charge in [-0.15, -0.1) is 0 Å². The molecule has 0 spiro atoms. The van der Waals surface area contributed by atoms with Crippen molar-refractivity contribution >= 4 is 29.5 Å². The maximum atomic E-state index is 12.9. The monoisotopic (exact) mass is 465 g/mol. The number of piperidine rings is 1. The van der Waals surface area contributed by atoms with Crippen LogP contribution in [-0.4, -0.2) is 57.1 Å². The molecule has 0 radical (unpaired) electrons. The van der Waals surface area contributed by atoms with Crippen LogP contribution < -0.4 is 10.2 Å². The zero-order valence-corrected chi connectivity index (χ0v) is 19.6. The van der Waals surface area contributed by atoms with Crippen molar-refractivity contribution in [3.63, 3.8) is 0 Å². The van der Waals surface area contributed by atoms with Crippen LogP contribution in [-0.2, 0) is 20.9 Å². The van der Waals surface area contributed by atoms with Crippen molar-refractivity contribution in [3.05, 3.63) is 41.6 Å². The number of amides is 4. The molecule has 1 atom stereocenters. The highest BCUT2D eigenvalue weighted by Crippen LogP contribution is 2.31. The molecule has 4 amide bonds.